The standard InChI is InChI=1S/C27H26N4O/c1-17-9-14-20-23(30-31-26-28-21-7-5-6-8-22(21)29-26)16-24(32-25(20)15-17)18-10-12-19(13-11-18)27(2,3)4/h5-16H,1-4H3,(H2,28,29,31)/b30-23+. The number of para-hydroxylation sites is 2. The van der Waals surface area contributed by atoms with Crippen molar-refractivity contribution in [2.24, 2.45) is 5.10 Å². The summed E-state index contributed by atoms with van der Waals surface area (Å²) < 4.78 is 6.28. The van der Waals surface area contributed by atoms with Gasteiger partial charge < -0.3 is 9.40 Å². The van der Waals surface area contributed by atoms with Crippen LogP contribution in [0.5, 0.6) is 0 Å². The van der Waals surface area contributed by atoms with Crippen LogP contribution in [0.2, 0.25) is 0 Å². The highest BCUT2D eigenvalue weighted by Crippen LogP contribution is 2.27. The molecule has 0 unspecified atom stereocenters. The molecule has 0 bridgehead atoms. The van der Waals surface area contributed by atoms with E-state index < -0.39 is 0 Å². The number of nitrogens with zero attached hydrogens (tertiary/aromatic N) is 2. The predicted molar refractivity (Wildman–Crippen MR) is 130 cm³/mol. The fourth-order valence-electron chi connectivity index (χ4n) is 3.76. The van der Waals surface area contributed by atoms with Crippen molar-refractivity contribution in [3.63, 3.8) is 0 Å². The smallest absolute Gasteiger partial charge is 0.222 e. The number of fused-ring (bicyclic) bond motifs is 2. The zero-order valence-corrected chi connectivity index (χ0v) is 18.7. The lowest BCUT2D eigenvalue weighted by Crippen LogP contribution is -2.10. The van der Waals surface area contributed by atoms with Crippen LogP contribution >= 0.6 is 0 Å². The van der Waals surface area contributed by atoms with E-state index in [2.05, 4.69) is 78.5 Å². The first kappa shape index (κ1) is 20.1. The molecule has 0 spiro atoms. The minimum atomic E-state index is 0.104. The summed E-state index contributed by atoms with van der Waals surface area (Å²) in [7, 11) is 0. The van der Waals surface area contributed by atoms with E-state index in [1.807, 2.05) is 42.5 Å². The second kappa shape index (κ2) is 7.68. The van der Waals surface area contributed by atoms with Crippen LogP contribution in [-0.4, -0.2) is 9.97 Å². The van der Waals surface area contributed by atoms with Gasteiger partial charge >= 0.3 is 0 Å². The van der Waals surface area contributed by atoms with Crippen molar-refractivity contribution in [1.82, 2.24) is 9.97 Å². The van der Waals surface area contributed by atoms with Gasteiger partial charge in [0.05, 0.1) is 16.4 Å². The van der Waals surface area contributed by atoms with E-state index in [9.17, 15) is 0 Å². The van der Waals surface area contributed by atoms with Gasteiger partial charge in [-0.25, -0.2) is 10.4 Å². The summed E-state index contributed by atoms with van der Waals surface area (Å²) in [5.41, 5.74) is 9.29. The average molecular weight is 423 g/mol. The minimum Gasteiger partial charge on any atom is -0.456 e. The van der Waals surface area contributed by atoms with Crippen molar-refractivity contribution < 1.29 is 4.42 Å². The number of nitrogens with one attached hydrogen (secondary N) is 2. The Labute approximate surface area is 186 Å². The molecule has 32 heavy (non-hydrogen) atoms. The summed E-state index contributed by atoms with van der Waals surface area (Å²) in [5.74, 6) is 1.37. The molecule has 3 aromatic carbocycles. The second-order valence-electron chi connectivity index (χ2n) is 9.15. The molecule has 5 rings (SSSR count). The molecule has 0 fully saturated rings. The normalized spacial score (nSPS) is 12.6. The quantitative estimate of drug-likeness (QED) is 0.326. The number of rotatable bonds is 3. The summed E-state index contributed by atoms with van der Waals surface area (Å²) >= 11 is 0. The third kappa shape index (κ3) is 3.89. The molecule has 2 aromatic heterocycles. The lowest BCUT2D eigenvalue weighted by atomic mass is 9.86. The van der Waals surface area contributed by atoms with Gasteiger partial charge in [-0.05, 0) is 47.7 Å². The fraction of sp³-hybridized carbons (Fsp3) is 0.185. The Morgan fingerprint density at radius 2 is 1.72 bits per heavy atom. The number of aryl methyl sites for hydroxylation is 1. The summed E-state index contributed by atoms with van der Waals surface area (Å²) in [5, 5.41) is 6.40. The van der Waals surface area contributed by atoms with Gasteiger partial charge in [0.2, 0.25) is 5.95 Å². The Morgan fingerprint density at radius 3 is 2.47 bits per heavy atom. The molecule has 5 nitrogen and oxygen atoms in total. The maximum Gasteiger partial charge on any atom is 0.222 e. The third-order valence-electron chi connectivity index (χ3n) is 5.61. The highest BCUT2D eigenvalue weighted by Gasteiger charge is 2.14. The number of hydrogen-bond acceptors (Lipinski definition) is 4. The Bertz CT molecular complexity index is 1450. The first-order valence-electron chi connectivity index (χ1n) is 10.8. The van der Waals surface area contributed by atoms with Crippen molar-refractivity contribution in [3.8, 4) is 11.3 Å². The van der Waals surface area contributed by atoms with Crippen LogP contribution in [0.15, 0.2) is 82.3 Å². The van der Waals surface area contributed by atoms with Gasteiger partial charge in [0.1, 0.15) is 11.3 Å². The molecule has 0 saturated carbocycles. The molecule has 0 saturated heterocycles. The van der Waals surface area contributed by atoms with Gasteiger partial charge in [-0.15, -0.1) is 0 Å². The van der Waals surface area contributed by atoms with Gasteiger partial charge in [0.15, 0.2) is 0 Å². The number of H-pyrrole nitrogens is 1. The number of benzene rings is 3. The van der Waals surface area contributed by atoms with E-state index in [4.69, 9.17) is 4.42 Å². The van der Waals surface area contributed by atoms with Crippen LogP contribution in [0.4, 0.5) is 5.95 Å². The van der Waals surface area contributed by atoms with E-state index in [1.165, 1.54) is 5.56 Å². The van der Waals surface area contributed by atoms with Gasteiger partial charge in [-0.2, -0.15) is 5.10 Å². The van der Waals surface area contributed by atoms with Crippen LogP contribution in [-0.2, 0) is 5.41 Å². The van der Waals surface area contributed by atoms with E-state index in [-0.39, 0.29) is 5.41 Å². The molecule has 0 amide bonds. The fourth-order valence-corrected chi connectivity index (χ4v) is 3.76. The Balaban J connectivity index is 1.60. The summed E-state index contributed by atoms with van der Waals surface area (Å²) in [4.78, 5) is 7.80. The van der Waals surface area contributed by atoms with E-state index in [0.717, 1.165) is 44.2 Å². The molecule has 2 N–H and O–H groups in total. The van der Waals surface area contributed by atoms with Gasteiger partial charge in [0.25, 0.3) is 0 Å². The second-order valence-corrected chi connectivity index (χ2v) is 9.15. The van der Waals surface area contributed by atoms with Gasteiger partial charge in [0, 0.05) is 17.0 Å². The summed E-state index contributed by atoms with van der Waals surface area (Å²) in [6.07, 6.45) is 0. The first-order valence-corrected chi connectivity index (χ1v) is 10.8. The lowest BCUT2D eigenvalue weighted by molar-refractivity contribution is 0.589. The largest absolute Gasteiger partial charge is 0.456 e. The summed E-state index contributed by atoms with van der Waals surface area (Å²) in [6, 6.07) is 24.6. The van der Waals surface area contributed by atoms with E-state index in [1.54, 1.807) is 0 Å². The molecule has 0 radical (unpaired) electrons. The molecule has 160 valence electrons. The van der Waals surface area contributed by atoms with Gasteiger partial charge in [-0.3, -0.25) is 0 Å². The molecule has 0 aliphatic carbocycles. The highest BCUT2D eigenvalue weighted by molar-refractivity contribution is 5.79. The third-order valence-corrected chi connectivity index (χ3v) is 5.61. The molecule has 0 atom stereocenters. The zero-order chi connectivity index (χ0) is 22.3. The van der Waals surface area contributed by atoms with Crippen LogP contribution in [0.25, 0.3) is 33.3 Å². The first-order chi connectivity index (χ1) is 15.4. The van der Waals surface area contributed by atoms with Crippen molar-refractivity contribution in [2.75, 3.05) is 5.43 Å². The van der Waals surface area contributed by atoms with E-state index >= 15 is 0 Å². The molecule has 0 aliphatic heterocycles. The lowest BCUT2D eigenvalue weighted by Gasteiger charge is -2.19. The predicted octanol–water partition coefficient (Wildman–Crippen LogP) is 6.51. The van der Waals surface area contributed by atoms with Crippen LogP contribution in [0.3, 0.4) is 0 Å². The Hall–Kier alpha value is -3.86. The number of aromatic amines is 1. The Kier molecular flexibility index (Phi) is 4.82. The Morgan fingerprint density at radius 1 is 0.938 bits per heavy atom. The topological polar surface area (TPSA) is 66.2 Å². The van der Waals surface area contributed by atoms with Crippen molar-refractivity contribution in [3.05, 3.63) is 89.3 Å². The molecule has 5 aromatic rings. The molecule has 2 heterocycles. The summed E-state index contributed by atoms with van der Waals surface area (Å²) in [6.45, 7) is 8.70. The average Bonchev–Trinajstić information content (AvgIpc) is 3.19. The number of hydrogen-bond donors (Lipinski definition) is 2. The monoisotopic (exact) mass is 422 g/mol. The SMILES string of the molecule is Cc1ccc2/c(=N/Nc3nc4ccccc4[nH]3)cc(-c3ccc(C(C)(C)C)cc3)oc2c1. The number of aromatic nitrogens is 2. The molecular formula is C27H26N4O. The molecular weight excluding hydrogens is 396 g/mol. The van der Waals surface area contributed by atoms with Crippen molar-refractivity contribution >= 4 is 28.0 Å². The minimum absolute atomic E-state index is 0.104. The maximum atomic E-state index is 6.28. The van der Waals surface area contributed by atoms with Crippen LogP contribution < -0.4 is 10.8 Å². The van der Waals surface area contributed by atoms with Crippen molar-refractivity contribution in [2.45, 2.75) is 33.1 Å². The van der Waals surface area contributed by atoms with E-state index in [0.29, 0.717) is 5.95 Å². The molecule has 0 aliphatic rings. The number of anilines is 1. The highest BCUT2D eigenvalue weighted by atomic mass is 16.3. The maximum absolute atomic E-state index is 6.28. The number of imidazole rings is 1. The van der Waals surface area contributed by atoms with Gasteiger partial charge in [-0.1, -0.05) is 63.2 Å². The van der Waals surface area contributed by atoms with Crippen LogP contribution in [0, 0.1) is 6.92 Å². The molecule has 5 heteroatoms. The zero-order valence-electron chi connectivity index (χ0n) is 18.7. The van der Waals surface area contributed by atoms with Crippen LogP contribution in [0.1, 0.15) is 31.9 Å². The van der Waals surface area contributed by atoms with Crippen molar-refractivity contribution in [1.29, 1.82) is 0 Å².